The van der Waals surface area contributed by atoms with Gasteiger partial charge in [0.15, 0.2) is 0 Å². The van der Waals surface area contributed by atoms with Crippen molar-refractivity contribution in [3.05, 3.63) is 346 Å². The molecule has 14 aromatic carbocycles. The molecule has 0 unspecified atom stereocenters. The molecule has 0 atom stereocenters. The van der Waals surface area contributed by atoms with E-state index in [1.54, 1.807) is 0 Å². The van der Waals surface area contributed by atoms with E-state index in [-0.39, 0.29) is 6.71 Å². The van der Waals surface area contributed by atoms with Crippen molar-refractivity contribution in [1.29, 1.82) is 0 Å². The molecule has 5 heteroatoms. The molecule has 89 heavy (non-hydrogen) atoms. The van der Waals surface area contributed by atoms with E-state index in [1.165, 1.54) is 43.9 Å². The summed E-state index contributed by atoms with van der Waals surface area (Å²) in [4.78, 5) is 7.63. The molecular weight excluding hydrogens is 1080 g/mol. The molecule has 0 aliphatic carbocycles. The summed E-state index contributed by atoms with van der Waals surface area (Å²) in [6, 6.07) is 127. The number of aromatic nitrogens is 1. The highest BCUT2D eigenvalue weighted by Crippen LogP contribution is 2.53. The van der Waals surface area contributed by atoms with Crippen LogP contribution in [0.4, 0.5) is 51.2 Å². The first-order valence-electron chi connectivity index (χ1n) is 30.7. The summed E-state index contributed by atoms with van der Waals surface area (Å²) in [6.07, 6.45) is 0. The van der Waals surface area contributed by atoms with E-state index in [9.17, 15) is 0 Å². The van der Waals surface area contributed by atoms with Gasteiger partial charge in [-0.15, -0.1) is 0 Å². The first-order valence-corrected chi connectivity index (χ1v) is 30.7. The summed E-state index contributed by atoms with van der Waals surface area (Å²) in [5.41, 5.74) is 28.5. The minimum Gasteiger partial charge on any atom is -0.311 e. The largest absolute Gasteiger partial charge is 0.311 e. The molecule has 0 N–H and O–H groups in total. The Morgan fingerprint density at radius 3 is 1.24 bits per heavy atom. The van der Waals surface area contributed by atoms with Crippen LogP contribution in [0.3, 0.4) is 0 Å². The standard InChI is InChI=1S/C84H57BN4/c1-8-27-58(28-9-1)63-37-24-43-68(53-63)87-77-51-49-65(60-31-12-3-13-32-60)55-75(77)85-74-50-52-78-81(73-45-22-23-48-76(73)89(78)83-71(61-33-14-4-15-34-61)46-26-47-72(83)62-35-16-5-17-36-62)84(74)88(69-44-25-38-64(54-69)59-29-10-2-11-30-59)80-57-70(56-79(87)82(80)85)86(66-39-18-6-19-40-66)67-41-20-7-21-42-67/h1-57H. The van der Waals surface area contributed by atoms with Gasteiger partial charge in [-0.05, 0) is 140 Å². The molecule has 0 amide bonds. The third-order valence-corrected chi connectivity index (χ3v) is 18.1. The van der Waals surface area contributed by atoms with Gasteiger partial charge in [-0.1, -0.05) is 267 Å². The van der Waals surface area contributed by atoms with E-state index in [4.69, 9.17) is 0 Å². The van der Waals surface area contributed by atoms with Crippen LogP contribution < -0.4 is 31.1 Å². The second-order valence-electron chi connectivity index (χ2n) is 23.2. The SMILES string of the molecule is c1ccc(-c2cccc(N3c4ccc(-c5ccccc5)cc4B4c5ccc6c(c5N(c5cccc(-c7ccccc7)c5)c5cc(N(c7ccccc7)c7ccccc7)cc3c54)c3ccccc3n6-c3c(-c4ccccc4)cccc3-c3ccccc3)c2)cc1. The Kier molecular flexibility index (Phi) is 12.6. The highest BCUT2D eigenvalue weighted by molar-refractivity contribution is 7.00. The van der Waals surface area contributed by atoms with Crippen LogP contribution in [0.25, 0.3) is 83.1 Å². The van der Waals surface area contributed by atoms with Crippen molar-refractivity contribution < 1.29 is 0 Å². The quantitative estimate of drug-likeness (QED) is 0.120. The second kappa shape index (κ2) is 21.7. The molecular formula is C84H57BN4. The van der Waals surface area contributed by atoms with Gasteiger partial charge in [0.2, 0.25) is 0 Å². The summed E-state index contributed by atoms with van der Waals surface area (Å²) in [5.74, 6) is 0. The minimum atomic E-state index is -0.213. The molecule has 2 aliphatic heterocycles. The zero-order valence-electron chi connectivity index (χ0n) is 48.8. The topological polar surface area (TPSA) is 14.7 Å². The third-order valence-electron chi connectivity index (χ3n) is 18.1. The zero-order valence-corrected chi connectivity index (χ0v) is 48.8. The number of anilines is 9. The van der Waals surface area contributed by atoms with E-state index in [0.29, 0.717) is 0 Å². The van der Waals surface area contributed by atoms with E-state index in [2.05, 4.69) is 365 Å². The van der Waals surface area contributed by atoms with Gasteiger partial charge in [-0.3, -0.25) is 0 Å². The van der Waals surface area contributed by atoms with Crippen LogP contribution in [-0.2, 0) is 0 Å². The number of hydrogen-bond acceptors (Lipinski definition) is 3. The third kappa shape index (κ3) is 8.77. The Hall–Kier alpha value is -11.7. The highest BCUT2D eigenvalue weighted by atomic mass is 15.2. The average Bonchev–Trinajstić information content (AvgIpc) is 1.67. The number of hydrogen-bond donors (Lipinski definition) is 0. The van der Waals surface area contributed by atoms with E-state index < -0.39 is 0 Å². The molecule has 15 aromatic rings. The maximum Gasteiger partial charge on any atom is 0.252 e. The summed E-state index contributed by atoms with van der Waals surface area (Å²) in [7, 11) is 0. The van der Waals surface area contributed by atoms with Crippen molar-refractivity contribution in [2.24, 2.45) is 0 Å². The fraction of sp³-hybridized carbons (Fsp3) is 0. The fourth-order valence-electron chi connectivity index (χ4n) is 14.2. The van der Waals surface area contributed by atoms with Gasteiger partial charge >= 0.3 is 0 Å². The van der Waals surface area contributed by atoms with Crippen molar-refractivity contribution >= 4 is 96.1 Å². The van der Waals surface area contributed by atoms with Gasteiger partial charge in [-0.25, -0.2) is 0 Å². The lowest BCUT2D eigenvalue weighted by molar-refractivity contribution is 1.18. The lowest BCUT2D eigenvalue weighted by atomic mass is 9.33. The van der Waals surface area contributed by atoms with Crippen LogP contribution in [0.15, 0.2) is 346 Å². The van der Waals surface area contributed by atoms with Gasteiger partial charge in [0.25, 0.3) is 6.71 Å². The molecule has 3 heterocycles. The van der Waals surface area contributed by atoms with Gasteiger partial charge in [0.1, 0.15) is 0 Å². The lowest BCUT2D eigenvalue weighted by Crippen LogP contribution is -2.61. The summed E-state index contributed by atoms with van der Waals surface area (Å²) >= 11 is 0. The Morgan fingerprint density at radius 2 is 0.697 bits per heavy atom. The number of benzene rings is 14. The van der Waals surface area contributed by atoms with E-state index >= 15 is 0 Å². The lowest BCUT2D eigenvalue weighted by Gasteiger charge is -2.45. The fourth-order valence-corrected chi connectivity index (χ4v) is 14.2. The predicted molar refractivity (Wildman–Crippen MR) is 377 cm³/mol. The smallest absolute Gasteiger partial charge is 0.252 e. The molecule has 416 valence electrons. The Bertz CT molecular complexity index is 5030. The van der Waals surface area contributed by atoms with Crippen molar-refractivity contribution in [1.82, 2.24) is 4.57 Å². The molecule has 0 bridgehead atoms. The minimum absolute atomic E-state index is 0.213. The van der Waals surface area contributed by atoms with Crippen LogP contribution in [0.5, 0.6) is 0 Å². The van der Waals surface area contributed by atoms with Crippen LogP contribution in [0.2, 0.25) is 0 Å². The maximum absolute atomic E-state index is 2.64. The predicted octanol–water partition coefficient (Wildman–Crippen LogP) is 20.7. The highest BCUT2D eigenvalue weighted by Gasteiger charge is 2.45. The number of fused-ring (bicyclic) bond motifs is 8. The molecule has 0 radical (unpaired) electrons. The molecule has 17 rings (SSSR count). The Balaban J connectivity index is 1.04. The molecule has 2 aliphatic rings. The zero-order chi connectivity index (χ0) is 58.8. The van der Waals surface area contributed by atoms with E-state index in [1.807, 2.05) is 0 Å². The van der Waals surface area contributed by atoms with Crippen molar-refractivity contribution in [3.8, 4) is 61.3 Å². The second-order valence-corrected chi connectivity index (χ2v) is 23.2. The number of nitrogens with zero attached hydrogens (tertiary/aromatic N) is 4. The summed E-state index contributed by atoms with van der Waals surface area (Å²) in [6.45, 7) is -0.213. The van der Waals surface area contributed by atoms with E-state index in [0.717, 1.165) is 107 Å². The molecule has 1 aromatic heterocycles. The maximum atomic E-state index is 2.64. The van der Waals surface area contributed by atoms with Crippen LogP contribution in [-0.4, -0.2) is 11.3 Å². The Labute approximate surface area is 519 Å². The van der Waals surface area contributed by atoms with Crippen LogP contribution in [0.1, 0.15) is 0 Å². The van der Waals surface area contributed by atoms with Crippen LogP contribution in [0, 0.1) is 0 Å². The van der Waals surface area contributed by atoms with Gasteiger partial charge < -0.3 is 19.3 Å². The molecule has 0 saturated carbocycles. The van der Waals surface area contributed by atoms with Gasteiger partial charge in [-0.2, -0.15) is 0 Å². The summed E-state index contributed by atoms with van der Waals surface area (Å²) in [5, 5.41) is 2.36. The van der Waals surface area contributed by atoms with Crippen molar-refractivity contribution in [2.45, 2.75) is 0 Å². The Morgan fingerprint density at radius 1 is 0.258 bits per heavy atom. The molecule has 0 fully saturated rings. The van der Waals surface area contributed by atoms with Crippen molar-refractivity contribution in [2.75, 3.05) is 14.7 Å². The van der Waals surface area contributed by atoms with Crippen molar-refractivity contribution in [3.63, 3.8) is 0 Å². The molecule has 4 nitrogen and oxygen atoms in total. The first kappa shape index (κ1) is 51.7. The number of para-hydroxylation sites is 4. The average molecular weight is 1130 g/mol. The van der Waals surface area contributed by atoms with Gasteiger partial charge in [0, 0.05) is 61.7 Å². The first-order chi connectivity index (χ1) is 44.2. The molecule has 0 spiro atoms. The molecule has 0 saturated heterocycles. The van der Waals surface area contributed by atoms with Crippen LogP contribution >= 0.6 is 0 Å². The monoisotopic (exact) mass is 1130 g/mol. The van der Waals surface area contributed by atoms with Gasteiger partial charge in [0.05, 0.1) is 28.1 Å². The summed E-state index contributed by atoms with van der Waals surface area (Å²) < 4.78 is 2.57. The number of rotatable bonds is 11. The normalized spacial score (nSPS) is 12.2.